The minimum atomic E-state index is -0.411. The van der Waals surface area contributed by atoms with Crippen molar-refractivity contribution in [2.45, 2.75) is 51.5 Å². The lowest BCUT2D eigenvalue weighted by molar-refractivity contribution is -0.121. The minimum Gasteiger partial charge on any atom is -0.350 e. The summed E-state index contributed by atoms with van der Waals surface area (Å²) in [6, 6.07) is 4.69. The molecule has 1 atom stereocenters. The topological polar surface area (TPSA) is 29.1 Å². The predicted octanol–water partition coefficient (Wildman–Crippen LogP) is 5.21. The third-order valence-corrected chi connectivity index (χ3v) is 7.09. The highest BCUT2D eigenvalue weighted by molar-refractivity contribution is 6.32. The van der Waals surface area contributed by atoms with Crippen molar-refractivity contribution in [1.29, 1.82) is 0 Å². The lowest BCUT2D eigenvalue weighted by Crippen LogP contribution is -2.55. The largest absolute Gasteiger partial charge is 0.350 e. The normalized spacial score (nSPS) is 34.4. The zero-order valence-corrected chi connectivity index (χ0v) is 15.4. The Morgan fingerprint density at radius 3 is 2.40 bits per heavy atom. The molecule has 2 nitrogen and oxygen atoms in total. The van der Waals surface area contributed by atoms with Gasteiger partial charge in [0.1, 0.15) is 5.82 Å². The number of nitrogens with one attached hydrogen (secondary N) is 1. The molecule has 4 saturated carbocycles. The van der Waals surface area contributed by atoms with Crippen molar-refractivity contribution >= 4 is 23.6 Å². The first-order chi connectivity index (χ1) is 11.9. The summed E-state index contributed by atoms with van der Waals surface area (Å²) in [4.78, 5) is 12.4. The van der Waals surface area contributed by atoms with Gasteiger partial charge in [-0.3, -0.25) is 4.79 Å². The van der Waals surface area contributed by atoms with Crippen LogP contribution in [0.25, 0.3) is 6.08 Å². The van der Waals surface area contributed by atoms with Crippen molar-refractivity contribution in [3.8, 4) is 0 Å². The monoisotopic (exact) mass is 361 g/mol. The minimum absolute atomic E-state index is 0.161. The van der Waals surface area contributed by atoms with Gasteiger partial charge in [0.15, 0.2) is 0 Å². The molecule has 0 aliphatic heterocycles. The molecular formula is C21H25ClFNO. The maximum Gasteiger partial charge on any atom is 0.244 e. The van der Waals surface area contributed by atoms with Gasteiger partial charge < -0.3 is 5.32 Å². The summed E-state index contributed by atoms with van der Waals surface area (Å²) in [5.41, 5.74) is 0.537. The zero-order valence-electron chi connectivity index (χ0n) is 14.6. The molecule has 25 heavy (non-hydrogen) atoms. The molecular weight excluding hydrogens is 337 g/mol. The van der Waals surface area contributed by atoms with Crippen LogP contribution < -0.4 is 5.32 Å². The van der Waals surface area contributed by atoms with Gasteiger partial charge in [-0.2, -0.15) is 0 Å². The van der Waals surface area contributed by atoms with E-state index in [1.54, 1.807) is 12.1 Å². The quantitative estimate of drug-likeness (QED) is 0.732. The van der Waals surface area contributed by atoms with Crippen molar-refractivity contribution in [2.75, 3.05) is 0 Å². The van der Waals surface area contributed by atoms with Crippen molar-refractivity contribution in [3.63, 3.8) is 0 Å². The van der Waals surface area contributed by atoms with Crippen LogP contribution in [0.5, 0.6) is 0 Å². The maximum absolute atomic E-state index is 13.8. The third-order valence-electron chi connectivity index (χ3n) is 6.76. The summed E-state index contributed by atoms with van der Waals surface area (Å²) in [6.45, 7) is 2.15. The number of hydrogen-bond donors (Lipinski definition) is 1. The van der Waals surface area contributed by atoms with Gasteiger partial charge in [0.25, 0.3) is 0 Å². The van der Waals surface area contributed by atoms with E-state index in [4.69, 9.17) is 11.6 Å². The van der Waals surface area contributed by atoms with E-state index in [1.807, 2.05) is 0 Å². The standard InChI is InChI=1S/C21H25ClFNO/c1-13(21-10-14-7-15(11-21)9-16(8-14)12-21)24-20(25)6-5-17-18(22)3-2-4-19(17)23/h2-6,13-16H,7-12H2,1H3,(H,24,25). The molecule has 0 saturated heterocycles. The van der Waals surface area contributed by atoms with Crippen LogP contribution in [0.4, 0.5) is 4.39 Å². The Bertz CT molecular complexity index is 658. The summed E-state index contributed by atoms with van der Waals surface area (Å²) in [5, 5.41) is 3.47. The molecule has 0 radical (unpaired) electrons. The molecule has 0 aromatic heterocycles. The van der Waals surface area contributed by atoms with Gasteiger partial charge in [0.2, 0.25) is 5.91 Å². The number of halogens is 2. The number of rotatable bonds is 4. The van der Waals surface area contributed by atoms with Crippen LogP contribution in [-0.4, -0.2) is 11.9 Å². The van der Waals surface area contributed by atoms with Crippen molar-refractivity contribution in [3.05, 3.63) is 40.7 Å². The molecule has 1 amide bonds. The number of carbonyl (C=O) groups is 1. The van der Waals surface area contributed by atoms with Gasteiger partial charge in [0, 0.05) is 17.7 Å². The van der Waals surface area contributed by atoms with Crippen LogP contribution >= 0.6 is 11.6 Å². The molecule has 4 aliphatic carbocycles. The number of benzene rings is 1. The molecule has 0 spiro atoms. The fourth-order valence-corrected chi connectivity index (χ4v) is 6.18. The predicted molar refractivity (Wildman–Crippen MR) is 98.7 cm³/mol. The Morgan fingerprint density at radius 2 is 1.84 bits per heavy atom. The third kappa shape index (κ3) is 3.23. The number of carbonyl (C=O) groups excluding carboxylic acids is 1. The lowest BCUT2D eigenvalue weighted by Gasteiger charge is -2.59. The van der Waals surface area contributed by atoms with Gasteiger partial charge in [-0.15, -0.1) is 0 Å². The summed E-state index contributed by atoms with van der Waals surface area (Å²) in [6.07, 6.45) is 10.8. The van der Waals surface area contributed by atoms with E-state index in [-0.39, 0.29) is 22.9 Å². The first-order valence-electron chi connectivity index (χ1n) is 9.38. The van der Waals surface area contributed by atoms with Crippen molar-refractivity contribution in [1.82, 2.24) is 5.32 Å². The second-order valence-electron chi connectivity index (χ2n) is 8.48. The van der Waals surface area contributed by atoms with E-state index in [9.17, 15) is 9.18 Å². The number of hydrogen-bond acceptors (Lipinski definition) is 1. The smallest absolute Gasteiger partial charge is 0.244 e. The number of amides is 1. The molecule has 1 N–H and O–H groups in total. The Hall–Kier alpha value is -1.35. The van der Waals surface area contributed by atoms with E-state index in [0.717, 1.165) is 17.8 Å². The summed E-state index contributed by atoms with van der Waals surface area (Å²) in [7, 11) is 0. The van der Waals surface area contributed by atoms with Crippen LogP contribution in [0.15, 0.2) is 24.3 Å². The van der Waals surface area contributed by atoms with E-state index in [0.29, 0.717) is 5.02 Å². The van der Waals surface area contributed by atoms with Gasteiger partial charge in [-0.25, -0.2) is 4.39 Å². The molecule has 4 fully saturated rings. The Labute approximate surface area is 153 Å². The van der Waals surface area contributed by atoms with Gasteiger partial charge in [-0.05, 0) is 86.8 Å². The van der Waals surface area contributed by atoms with Gasteiger partial charge in [0.05, 0.1) is 5.02 Å². The molecule has 4 aliphatic rings. The zero-order chi connectivity index (χ0) is 17.6. The van der Waals surface area contributed by atoms with E-state index >= 15 is 0 Å². The Morgan fingerprint density at radius 1 is 1.24 bits per heavy atom. The molecule has 4 bridgehead atoms. The lowest BCUT2D eigenvalue weighted by atomic mass is 9.48. The maximum atomic E-state index is 13.8. The van der Waals surface area contributed by atoms with Crippen LogP contribution in [0.2, 0.25) is 5.02 Å². The van der Waals surface area contributed by atoms with E-state index in [1.165, 1.54) is 56.7 Å². The summed E-state index contributed by atoms with van der Waals surface area (Å²) < 4.78 is 13.8. The SMILES string of the molecule is CC(NC(=O)C=Cc1c(F)cccc1Cl)C12CC3CC(CC(C3)C1)C2. The second-order valence-corrected chi connectivity index (χ2v) is 8.89. The van der Waals surface area contributed by atoms with Gasteiger partial charge >= 0.3 is 0 Å². The molecule has 4 heteroatoms. The average molecular weight is 362 g/mol. The summed E-state index contributed by atoms with van der Waals surface area (Å²) >= 11 is 6.01. The molecule has 1 unspecified atom stereocenters. The fraction of sp³-hybridized carbons (Fsp3) is 0.571. The first kappa shape index (κ1) is 17.1. The molecule has 0 heterocycles. The second kappa shape index (κ2) is 6.42. The molecule has 1 aromatic rings. The van der Waals surface area contributed by atoms with Crippen molar-refractivity contribution < 1.29 is 9.18 Å². The molecule has 5 rings (SSSR count). The van der Waals surface area contributed by atoms with Gasteiger partial charge in [-0.1, -0.05) is 17.7 Å². The highest BCUT2D eigenvalue weighted by Crippen LogP contribution is 2.61. The van der Waals surface area contributed by atoms with Crippen LogP contribution in [0, 0.1) is 29.0 Å². The summed E-state index contributed by atoms with van der Waals surface area (Å²) in [5.74, 6) is 2.00. The van der Waals surface area contributed by atoms with Crippen LogP contribution in [0.1, 0.15) is 51.0 Å². The highest BCUT2D eigenvalue weighted by Gasteiger charge is 2.53. The average Bonchev–Trinajstić information content (AvgIpc) is 2.53. The van der Waals surface area contributed by atoms with E-state index in [2.05, 4.69) is 12.2 Å². The fourth-order valence-electron chi connectivity index (χ4n) is 5.95. The van der Waals surface area contributed by atoms with E-state index < -0.39 is 5.82 Å². The van der Waals surface area contributed by atoms with Crippen LogP contribution in [-0.2, 0) is 4.79 Å². The van der Waals surface area contributed by atoms with Crippen LogP contribution in [0.3, 0.4) is 0 Å². The first-order valence-corrected chi connectivity index (χ1v) is 9.75. The molecule has 134 valence electrons. The highest BCUT2D eigenvalue weighted by atomic mass is 35.5. The molecule has 1 aromatic carbocycles. The van der Waals surface area contributed by atoms with Crippen molar-refractivity contribution in [2.24, 2.45) is 23.2 Å². The Balaban J connectivity index is 1.43. The Kier molecular flexibility index (Phi) is 4.39.